The monoisotopic (exact) mass is 127 g/mol. The van der Waals surface area contributed by atoms with Crippen LogP contribution in [0.1, 0.15) is 19.3 Å². The summed E-state index contributed by atoms with van der Waals surface area (Å²) in [6.45, 7) is 0.853. The standard InChI is InChI=1S/C7H13NO/c1-9-8-6-5-7-3-2-4-7/h5,8H,2-4,6H2,1H3. The molecule has 2 nitrogen and oxygen atoms in total. The highest BCUT2D eigenvalue weighted by atomic mass is 16.6. The number of hydrogen-bond acceptors (Lipinski definition) is 2. The predicted molar refractivity (Wildman–Crippen MR) is 36.9 cm³/mol. The Kier molecular flexibility index (Phi) is 2.74. The highest BCUT2D eigenvalue weighted by Crippen LogP contribution is 2.24. The van der Waals surface area contributed by atoms with Crippen LogP contribution in [0.25, 0.3) is 0 Å². The summed E-state index contributed by atoms with van der Waals surface area (Å²) in [6, 6.07) is 0. The fourth-order valence-electron chi connectivity index (χ4n) is 0.854. The molecule has 0 aromatic carbocycles. The summed E-state index contributed by atoms with van der Waals surface area (Å²) in [5.74, 6) is 0. The average Bonchev–Trinajstić information content (AvgIpc) is 1.76. The third kappa shape index (κ3) is 2.16. The van der Waals surface area contributed by atoms with E-state index in [0.717, 1.165) is 6.54 Å². The quantitative estimate of drug-likeness (QED) is 0.350. The second kappa shape index (κ2) is 3.64. The Hall–Kier alpha value is -0.340. The summed E-state index contributed by atoms with van der Waals surface area (Å²) in [7, 11) is 1.64. The van der Waals surface area contributed by atoms with E-state index in [9.17, 15) is 0 Å². The van der Waals surface area contributed by atoms with Gasteiger partial charge in [0.2, 0.25) is 0 Å². The van der Waals surface area contributed by atoms with Gasteiger partial charge in [-0.1, -0.05) is 11.6 Å². The smallest absolute Gasteiger partial charge is 0.0572 e. The van der Waals surface area contributed by atoms with Gasteiger partial charge in [0.05, 0.1) is 7.11 Å². The molecule has 1 aliphatic carbocycles. The number of hydrogen-bond donors (Lipinski definition) is 1. The molecule has 0 bridgehead atoms. The molecular weight excluding hydrogens is 114 g/mol. The molecule has 0 aliphatic heterocycles. The van der Waals surface area contributed by atoms with Gasteiger partial charge < -0.3 is 4.84 Å². The Morgan fingerprint density at radius 2 is 2.44 bits per heavy atom. The van der Waals surface area contributed by atoms with Crippen molar-refractivity contribution < 1.29 is 4.84 Å². The predicted octanol–water partition coefficient (Wildman–Crippen LogP) is 1.25. The van der Waals surface area contributed by atoms with E-state index in [0.29, 0.717) is 0 Å². The lowest BCUT2D eigenvalue weighted by atomic mass is 9.92. The van der Waals surface area contributed by atoms with Crippen LogP contribution in [0, 0.1) is 0 Å². The van der Waals surface area contributed by atoms with E-state index in [2.05, 4.69) is 16.4 Å². The molecule has 9 heavy (non-hydrogen) atoms. The van der Waals surface area contributed by atoms with E-state index in [-0.39, 0.29) is 0 Å². The normalized spacial score (nSPS) is 17.2. The molecule has 1 saturated carbocycles. The van der Waals surface area contributed by atoms with Crippen LogP contribution in [0.4, 0.5) is 0 Å². The molecular formula is C7H13NO. The Morgan fingerprint density at radius 3 is 2.89 bits per heavy atom. The van der Waals surface area contributed by atoms with Crippen LogP contribution < -0.4 is 5.48 Å². The molecule has 2 heteroatoms. The van der Waals surface area contributed by atoms with Crippen molar-refractivity contribution in [1.29, 1.82) is 0 Å². The number of hydroxylamine groups is 1. The largest absolute Gasteiger partial charge is 0.305 e. The van der Waals surface area contributed by atoms with E-state index in [4.69, 9.17) is 0 Å². The number of nitrogens with one attached hydrogen (secondary N) is 1. The van der Waals surface area contributed by atoms with Crippen LogP contribution in [-0.4, -0.2) is 13.7 Å². The molecule has 0 atom stereocenters. The lowest BCUT2D eigenvalue weighted by Crippen LogP contribution is -2.12. The highest BCUT2D eigenvalue weighted by molar-refractivity contribution is 5.09. The summed E-state index contributed by atoms with van der Waals surface area (Å²) >= 11 is 0. The van der Waals surface area contributed by atoms with Gasteiger partial charge in [-0.15, -0.1) is 0 Å². The molecule has 52 valence electrons. The van der Waals surface area contributed by atoms with E-state index in [1.807, 2.05) is 0 Å². The molecule has 0 heterocycles. The van der Waals surface area contributed by atoms with E-state index >= 15 is 0 Å². The summed E-state index contributed by atoms with van der Waals surface area (Å²) in [4.78, 5) is 4.67. The van der Waals surface area contributed by atoms with Gasteiger partial charge in [-0.3, -0.25) is 0 Å². The maximum Gasteiger partial charge on any atom is 0.0572 e. The van der Waals surface area contributed by atoms with Gasteiger partial charge in [-0.05, 0) is 19.3 Å². The van der Waals surface area contributed by atoms with Crippen molar-refractivity contribution in [2.24, 2.45) is 0 Å². The Balaban J connectivity index is 2.01. The SMILES string of the molecule is CONCC=C1CCC1. The van der Waals surface area contributed by atoms with Crippen LogP contribution >= 0.6 is 0 Å². The average molecular weight is 127 g/mol. The van der Waals surface area contributed by atoms with Crippen LogP contribution in [0.2, 0.25) is 0 Å². The molecule has 1 rings (SSSR count). The third-order valence-electron chi connectivity index (χ3n) is 1.61. The molecule has 0 saturated heterocycles. The topological polar surface area (TPSA) is 21.3 Å². The molecule has 0 unspecified atom stereocenters. The van der Waals surface area contributed by atoms with Crippen molar-refractivity contribution >= 4 is 0 Å². The lowest BCUT2D eigenvalue weighted by molar-refractivity contribution is 0.101. The van der Waals surface area contributed by atoms with Gasteiger partial charge in [-0.25, -0.2) is 0 Å². The summed E-state index contributed by atoms with van der Waals surface area (Å²) < 4.78 is 0. The molecule has 0 amide bonds. The van der Waals surface area contributed by atoms with Gasteiger partial charge in [0.25, 0.3) is 0 Å². The lowest BCUT2D eigenvalue weighted by Gasteiger charge is -2.15. The fraction of sp³-hybridized carbons (Fsp3) is 0.714. The van der Waals surface area contributed by atoms with Crippen molar-refractivity contribution in [3.8, 4) is 0 Å². The van der Waals surface area contributed by atoms with E-state index in [1.54, 1.807) is 12.7 Å². The van der Waals surface area contributed by atoms with Crippen molar-refractivity contribution in [3.05, 3.63) is 11.6 Å². The highest BCUT2D eigenvalue weighted by Gasteiger charge is 2.05. The number of rotatable bonds is 3. The minimum absolute atomic E-state index is 0.853. The molecule has 1 N–H and O–H groups in total. The first-order valence-electron chi connectivity index (χ1n) is 3.37. The van der Waals surface area contributed by atoms with Crippen molar-refractivity contribution in [1.82, 2.24) is 5.48 Å². The fourth-order valence-corrected chi connectivity index (χ4v) is 0.854. The molecule has 0 radical (unpaired) electrons. The second-order valence-corrected chi connectivity index (χ2v) is 2.27. The van der Waals surface area contributed by atoms with Crippen molar-refractivity contribution in [2.45, 2.75) is 19.3 Å². The Bertz CT molecular complexity index is 103. The van der Waals surface area contributed by atoms with Gasteiger partial charge in [-0.2, -0.15) is 5.48 Å². The first kappa shape index (κ1) is 6.78. The van der Waals surface area contributed by atoms with Crippen LogP contribution in [0.5, 0.6) is 0 Å². The first-order chi connectivity index (χ1) is 4.43. The second-order valence-electron chi connectivity index (χ2n) is 2.27. The molecule has 0 spiro atoms. The summed E-state index contributed by atoms with van der Waals surface area (Å²) in [5, 5.41) is 0. The molecule has 1 aliphatic rings. The zero-order valence-electron chi connectivity index (χ0n) is 5.81. The number of allylic oxidation sites excluding steroid dienone is 1. The van der Waals surface area contributed by atoms with Crippen molar-refractivity contribution in [2.75, 3.05) is 13.7 Å². The van der Waals surface area contributed by atoms with Crippen LogP contribution in [0.3, 0.4) is 0 Å². The third-order valence-corrected chi connectivity index (χ3v) is 1.61. The molecule has 1 fully saturated rings. The maximum absolute atomic E-state index is 4.67. The molecule has 0 aromatic rings. The summed E-state index contributed by atoms with van der Waals surface area (Å²) in [6.07, 6.45) is 6.17. The maximum atomic E-state index is 4.67. The Morgan fingerprint density at radius 1 is 1.67 bits per heavy atom. The first-order valence-corrected chi connectivity index (χ1v) is 3.37. The van der Waals surface area contributed by atoms with E-state index in [1.165, 1.54) is 19.3 Å². The van der Waals surface area contributed by atoms with Crippen LogP contribution in [0.15, 0.2) is 11.6 Å². The summed E-state index contributed by atoms with van der Waals surface area (Å²) in [5.41, 5.74) is 4.34. The molecule has 0 aromatic heterocycles. The minimum atomic E-state index is 0.853. The Labute approximate surface area is 55.9 Å². The minimum Gasteiger partial charge on any atom is -0.305 e. The zero-order valence-corrected chi connectivity index (χ0v) is 5.81. The van der Waals surface area contributed by atoms with Crippen molar-refractivity contribution in [3.63, 3.8) is 0 Å². The van der Waals surface area contributed by atoms with Gasteiger partial charge in [0, 0.05) is 6.54 Å². The van der Waals surface area contributed by atoms with E-state index < -0.39 is 0 Å². The zero-order chi connectivity index (χ0) is 6.53. The van der Waals surface area contributed by atoms with Gasteiger partial charge in [0.1, 0.15) is 0 Å². The van der Waals surface area contributed by atoms with Gasteiger partial charge >= 0.3 is 0 Å². The van der Waals surface area contributed by atoms with Crippen LogP contribution in [-0.2, 0) is 4.84 Å². The van der Waals surface area contributed by atoms with Gasteiger partial charge in [0.15, 0.2) is 0 Å².